The largest absolute Gasteiger partial charge is 0.389 e. The van der Waals surface area contributed by atoms with Crippen molar-refractivity contribution in [3.63, 3.8) is 0 Å². The first-order chi connectivity index (χ1) is 9.12. The van der Waals surface area contributed by atoms with Crippen LogP contribution in [0.5, 0.6) is 0 Å². The Morgan fingerprint density at radius 2 is 1.37 bits per heavy atom. The molecule has 0 bridgehead atoms. The monoisotopic (exact) mass is 318 g/mol. The Morgan fingerprint density at radius 1 is 0.947 bits per heavy atom. The summed E-state index contributed by atoms with van der Waals surface area (Å²) in [5.74, 6) is 0.218. The Bertz CT molecular complexity index is 454. The van der Waals surface area contributed by atoms with Gasteiger partial charge in [0.05, 0.1) is 5.60 Å². The molecule has 1 unspecified atom stereocenters. The van der Waals surface area contributed by atoms with Crippen LogP contribution in [0.1, 0.15) is 30.4 Å². The lowest BCUT2D eigenvalue weighted by molar-refractivity contribution is 0.0728. The molecule has 0 heterocycles. The smallest absolute Gasteiger partial charge is 0.0725 e. The van der Waals surface area contributed by atoms with Crippen molar-refractivity contribution < 1.29 is 5.11 Å². The Morgan fingerprint density at radius 3 is 1.74 bits per heavy atom. The lowest BCUT2D eigenvalue weighted by atomic mass is 9.83. The fourth-order valence-electron chi connectivity index (χ4n) is 2.29. The number of halogens is 1. The van der Waals surface area contributed by atoms with Gasteiger partial charge in [0.1, 0.15) is 0 Å². The summed E-state index contributed by atoms with van der Waals surface area (Å²) >= 11 is 3.39. The fraction of sp³-hybridized carbons (Fsp3) is 0.294. The van der Waals surface area contributed by atoms with Crippen LogP contribution in [0.15, 0.2) is 60.7 Å². The number of hydrogen-bond acceptors (Lipinski definition) is 1. The van der Waals surface area contributed by atoms with Crippen molar-refractivity contribution in [2.75, 3.05) is 5.33 Å². The summed E-state index contributed by atoms with van der Waals surface area (Å²) in [7, 11) is 0. The van der Waals surface area contributed by atoms with Crippen LogP contribution in [0, 0.1) is 0 Å². The molecule has 100 valence electrons. The van der Waals surface area contributed by atoms with Crippen molar-refractivity contribution in [1.29, 1.82) is 0 Å². The van der Waals surface area contributed by atoms with Crippen molar-refractivity contribution in [2.24, 2.45) is 0 Å². The van der Waals surface area contributed by atoms with E-state index < -0.39 is 5.60 Å². The summed E-state index contributed by atoms with van der Waals surface area (Å²) < 4.78 is 0. The van der Waals surface area contributed by atoms with Gasteiger partial charge in [0.15, 0.2) is 0 Å². The quantitative estimate of drug-likeness (QED) is 0.812. The van der Waals surface area contributed by atoms with Crippen LogP contribution < -0.4 is 0 Å². The molecule has 0 saturated heterocycles. The first-order valence-corrected chi connectivity index (χ1v) is 7.63. The van der Waals surface area contributed by atoms with Gasteiger partial charge >= 0.3 is 0 Å². The molecule has 0 aliphatic rings. The minimum atomic E-state index is -0.712. The minimum absolute atomic E-state index is 0.218. The predicted molar refractivity (Wildman–Crippen MR) is 83.8 cm³/mol. The lowest BCUT2D eigenvalue weighted by Crippen LogP contribution is -2.29. The molecule has 1 nitrogen and oxygen atoms in total. The maximum Gasteiger partial charge on any atom is 0.0725 e. The maximum absolute atomic E-state index is 10.4. The Kier molecular flexibility index (Phi) is 4.78. The first-order valence-electron chi connectivity index (χ1n) is 6.50. The molecular weight excluding hydrogens is 300 g/mol. The maximum atomic E-state index is 10.4. The standard InChI is InChI=1S/C17H19BrO/c1-17(19,13-18)12-16(14-8-4-2-5-9-14)15-10-6-3-7-11-15/h2-11,16,19H,12-13H2,1H3. The van der Waals surface area contributed by atoms with E-state index in [4.69, 9.17) is 0 Å². The van der Waals surface area contributed by atoms with E-state index in [-0.39, 0.29) is 5.92 Å². The van der Waals surface area contributed by atoms with Gasteiger partial charge in [-0.1, -0.05) is 76.6 Å². The minimum Gasteiger partial charge on any atom is -0.389 e. The molecule has 2 aromatic rings. The molecule has 19 heavy (non-hydrogen) atoms. The van der Waals surface area contributed by atoms with E-state index in [1.807, 2.05) is 43.3 Å². The number of hydrogen-bond donors (Lipinski definition) is 1. The average molecular weight is 319 g/mol. The number of rotatable bonds is 5. The second kappa shape index (κ2) is 6.36. The Labute approximate surface area is 123 Å². The average Bonchev–Trinajstić information content (AvgIpc) is 2.47. The van der Waals surface area contributed by atoms with Crippen LogP contribution in [0.2, 0.25) is 0 Å². The zero-order valence-electron chi connectivity index (χ0n) is 11.1. The highest BCUT2D eigenvalue weighted by atomic mass is 79.9. The number of benzene rings is 2. The fourth-order valence-corrected chi connectivity index (χ4v) is 2.52. The zero-order chi connectivity index (χ0) is 13.7. The Hall–Kier alpha value is -1.12. The van der Waals surface area contributed by atoms with Crippen molar-refractivity contribution >= 4 is 15.9 Å². The summed E-state index contributed by atoms with van der Waals surface area (Å²) in [6.07, 6.45) is 0.701. The van der Waals surface area contributed by atoms with Gasteiger partial charge < -0.3 is 5.11 Å². The third kappa shape index (κ3) is 3.92. The molecule has 0 fully saturated rings. The van der Waals surface area contributed by atoms with Gasteiger partial charge in [0.25, 0.3) is 0 Å². The highest BCUT2D eigenvalue weighted by molar-refractivity contribution is 9.09. The van der Waals surface area contributed by atoms with Crippen molar-refractivity contribution in [3.05, 3.63) is 71.8 Å². The van der Waals surface area contributed by atoms with Crippen LogP contribution >= 0.6 is 15.9 Å². The van der Waals surface area contributed by atoms with E-state index in [0.29, 0.717) is 11.8 Å². The molecule has 0 spiro atoms. The highest BCUT2D eigenvalue weighted by Crippen LogP contribution is 2.33. The SMILES string of the molecule is CC(O)(CBr)CC(c1ccccc1)c1ccccc1. The van der Waals surface area contributed by atoms with Crippen molar-refractivity contribution in [2.45, 2.75) is 24.9 Å². The second-order valence-corrected chi connectivity index (χ2v) is 5.77. The van der Waals surface area contributed by atoms with E-state index in [1.54, 1.807) is 0 Å². The van der Waals surface area contributed by atoms with Gasteiger partial charge in [-0.05, 0) is 24.5 Å². The summed E-state index contributed by atoms with van der Waals surface area (Å²) in [6.45, 7) is 1.88. The topological polar surface area (TPSA) is 20.2 Å². The van der Waals surface area contributed by atoms with E-state index in [9.17, 15) is 5.11 Å². The molecule has 0 aromatic heterocycles. The third-order valence-electron chi connectivity index (χ3n) is 3.34. The highest BCUT2D eigenvalue weighted by Gasteiger charge is 2.26. The van der Waals surface area contributed by atoms with Crippen molar-refractivity contribution in [1.82, 2.24) is 0 Å². The lowest BCUT2D eigenvalue weighted by Gasteiger charge is -2.27. The predicted octanol–water partition coefficient (Wildman–Crippen LogP) is 4.35. The first kappa shape index (κ1) is 14.3. The molecule has 0 aliphatic carbocycles. The van der Waals surface area contributed by atoms with Gasteiger partial charge in [0.2, 0.25) is 0 Å². The van der Waals surface area contributed by atoms with Gasteiger partial charge in [-0.3, -0.25) is 0 Å². The number of aliphatic hydroxyl groups is 1. The van der Waals surface area contributed by atoms with Gasteiger partial charge in [0, 0.05) is 11.2 Å². The molecule has 1 atom stereocenters. The van der Waals surface area contributed by atoms with E-state index >= 15 is 0 Å². The van der Waals surface area contributed by atoms with Crippen LogP contribution in [0.25, 0.3) is 0 Å². The van der Waals surface area contributed by atoms with Crippen molar-refractivity contribution in [3.8, 4) is 0 Å². The van der Waals surface area contributed by atoms with Gasteiger partial charge in [-0.15, -0.1) is 0 Å². The normalized spacial score (nSPS) is 14.3. The molecule has 0 amide bonds. The molecule has 1 N–H and O–H groups in total. The molecule has 2 rings (SSSR count). The molecule has 0 saturated carbocycles. The van der Waals surface area contributed by atoms with E-state index in [0.717, 1.165) is 0 Å². The second-order valence-electron chi connectivity index (χ2n) is 5.21. The molecule has 0 aliphatic heterocycles. The number of alkyl halides is 1. The summed E-state index contributed by atoms with van der Waals surface area (Å²) in [6, 6.07) is 20.8. The summed E-state index contributed by atoms with van der Waals surface area (Å²) in [5, 5.41) is 10.9. The van der Waals surface area contributed by atoms with Gasteiger partial charge in [-0.2, -0.15) is 0 Å². The van der Waals surface area contributed by atoms with Crippen LogP contribution in [-0.2, 0) is 0 Å². The Balaban J connectivity index is 2.35. The van der Waals surface area contributed by atoms with Crippen LogP contribution in [-0.4, -0.2) is 16.0 Å². The van der Waals surface area contributed by atoms with Crippen LogP contribution in [0.3, 0.4) is 0 Å². The molecule has 2 heteroatoms. The summed E-state index contributed by atoms with van der Waals surface area (Å²) in [4.78, 5) is 0. The third-order valence-corrected chi connectivity index (χ3v) is 4.54. The molecule has 2 aromatic carbocycles. The molecular formula is C17H19BrO. The zero-order valence-corrected chi connectivity index (χ0v) is 12.7. The van der Waals surface area contributed by atoms with Crippen LogP contribution in [0.4, 0.5) is 0 Å². The van der Waals surface area contributed by atoms with Gasteiger partial charge in [-0.25, -0.2) is 0 Å². The van der Waals surface area contributed by atoms with E-state index in [2.05, 4.69) is 40.2 Å². The summed E-state index contributed by atoms with van der Waals surface area (Å²) in [5.41, 5.74) is 1.78. The molecule has 0 radical (unpaired) electrons. The van der Waals surface area contributed by atoms with E-state index in [1.165, 1.54) is 11.1 Å².